The number of amides is 1. The summed E-state index contributed by atoms with van der Waals surface area (Å²) in [5.41, 5.74) is 1.37. The number of ether oxygens (including phenoxy) is 1. The second-order valence-corrected chi connectivity index (χ2v) is 7.37. The van der Waals surface area contributed by atoms with Gasteiger partial charge in [0.05, 0.1) is 5.92 Å². The van der Waals surface area contributed by atoms with Gasteiger partial charge in [-0.15, -0.1) is 0 Å². The number of carbonyl (C=O) groups excluding carboxylic acids is 1. The number of fused-ring (bicyclic) bond motifs is 1. The Morgan fingerprint density at radius 2 is 1.88 bits per heavy atom. The number of nitrogens with zero attached hydrogens (tertiary/aromatic N) is 1. The lowest BCUT2D eigenvalue weighted by Gasteiger charge is -2.41. The number of likely N-dealkylation sites (tertiary alicyclic amines) is 1. The Hall–Kier alpha value is -2.08. The summed E-state index contributed by atoms with van der Waals surface area (Å²) in [4.78, 5) is 26.1. The minimum absolute atomic E-state index is 0.0509. The molecular weight excluding hydrogens is 320 g/mol. The van der Waals surface area contributed by atoms with Gasteiger partial charge >= 0.3 is 5.97 Å². The van der Waals surface area contributed by atoms with Crippen molar-refractivity contribution < 1.29 is 19.4 Å². The fourth-order valence-electron chi connectivity index (χ4n) is 4.01. The average Bonchev–Trinajstić information content (AvgIpc) is 3.01. The van der Waals surface area contributed by atoms with Crippen LogP contribution in [0.25, 0.3) is 0 Å². The Labute approximate surface area is 147 Å². The van der Waals surface area contributed by atoms with Crippen LogP contribution in [0, 0.1) is 5.92 Å². The quantitative estimate of drug-likeness (QED) is 0.859. The molecule has 2 N–H and O–H groups in total. The molecule has 1 aliphatic carbocycles. The molecule has 0 saturated carbocycles. The number of rotatable bonds is 4. The highest BCUT2D eigenvalue weighted by molar-refractivity contribution is 5.82. The first kappa shape index (κ1) is 16.4. The fourth-order valence-corrected chi connectivity index (χ4v) is 4.01. The zero-order valence-corrected chi connectivity index (χ0v) is 14.3. The van der Waals surface area contributed by atoms with Crippen molar-refractivity contribution in [2.24, 2.45) is 5.92 Å². The molecule has 0 unspecified atom stereocenters. The van der Waals surface area contributed by atoms with Crippen molar-refractivity contribution in [3.63, 3.8) is 0 Å². The standard InChI is InChI=1S/C19H24N2O4/c22-17(15-11-20-12-15)21-8-6-19(7-9-21,18(23)24)25-16-5-4-13-2-1-3-14(13)10-16/h4-5,10,15,20H,1-3,6-9,11-12H2,(H,23,24). The highest BCUT2D eigenvalue weighted by atomic mass is 16.5. The van der Waals surface area contributed by atoms with Crippen LogP contribution in [0.15, 0.2) is 18.2 Å². The van der Waals surface area contributed by atoms with Crippen molar-refractivity contribution in [2.75, 3.05) is 26.2 Å². The molecule has 1 amide bonds. The minimum Gasteiger partial charge on any atom is -0.478 e. The lowest BCUT2D eigenvalue weighted by molar-refractivity contribution is -0.162. The molecule has 0 bridgehead atoms. The summed E-state index contributed by atoms with van der Waals surface area (Å²) in [6.45, 7) is 2.33. The van der Waals surface area contributed by atoms with E-state index in [1.54, 1.807) is 4.90 Å². The molecule has 25 heavy (non-hydrogen) atoms. The normalized spacial score (nSPS) is 22.2. The lowest BCUT2D eigenvalue weighted by Crippen LogP contribution is -2.58. The Morgan fingerprint density at radius 1 is 1.16 bits per heavy atom. The van der Waals surface area contributed by atoms with Crippen LogP contribution >= 0.6 is 0 Å². The summed E-state index contributed by atoms with van der Waals surface area (Å²) >= 11 is 0. The number of piperidine rings is 1. The maximum atomic E-state index is 12.3. The second kappa shape index (κ2) is 6.33. The molecule has 3 aliphatic rings. The Morgan fingerprint density at radius 3 is 2.52 bits per heavy atom. The zero-order valence-electron chi connectivity index (χ0n) is 14.3. The molecule has 6 heteroatoms. The summed E-state index contributed by atoms with van der Waals surface area (Å²) in [6.07, 6.45) is 3.92. The van der Waals surface area contributed by atoms with Gasteiger partial charge in [-0.05, 0) is 42.5 Å². The van der Waals surface area contributed by atoms with Crippen LogP contribution in [0.3, 0.4) is 0 Å². The summed E-state index contributed by atoms with van der Waals surface area (Å²) in [7, 11) is 0. The summed E-state index contributed by atoms with van der Waals surface area (Å²) < 4.78 is 6.01. The topological polar surface area (TPSA) is 78.9 Å². The van der Waals surface area contributed by atoms with Crippen LogP contribution in [0.1, 0.15) is 30.4 Å². The van der Waals surface area contributed by atoms with Crippen molar-refractivity contribution in [2.45, 2.75) is 37.7 Å². The highest BCUT2D eigenvalue weighted by Crippen LogP contribution is 2.33. The minimum atomic E-state index is -1.23. The Kier molecular flexibility index (Phi) is 4.15. The van der Waals surface area contributed by atoms with E-state index >= 15 is 0 Å². The fraction of sp³-hybridized carbons (Fsp3) is 0.579. The van der Waals surface area contributed by atoms with Crippen molar-refractivity contribution in [1.29, 1.82) is 0 Å². The van der Waals surface area contributed by atoms with Crippen LogP contribution in [0.5, 0.6) is 5.75 Å². The van der Waals surface area contributed by atoms with Gasteiger partial charge in [0.2, 0.25) is 11.5 Å². The molecule has 4 rings (SSSR count). The van der Waals surface area contributed by atoms with E-state index in [4.69, 9.17) is 4.74 Å². The molecule has 2 heterocycles. The number of aliphatic carboxylic acids is 1. The Balaban J connectivity index is 1.46. The van der Waals surface area contributed by atoms with E-state index < -0.39 is 11.6 Å². The summed E-state index contributed by atoms with van der Waals surface area (Å²) in [5.74, 6) is -0.123. The van der Waals surface area contributed by atoms with Crippen LogP contribution in [-0.2, 0) is 22.4 Å². The van der Waals surface area contributed by atoms with E-state index in [1.165, 1.54) is 11.1 Å². The number of benzene rings is 1. The lowest BCUT2D eigenvalue weighted by atomic mass is 9.89. The SMILES string of the molecule is O=C(C1CNC1)N1CCC(Oc2ccc3c(c2)CCC3)(C(=O)O)CC1. The zero-order chi connectivity index (χ0) is 17.4. The first-order valence-corrected chi connectivity index (χ1v) is 9.11. The van der Waals surface area contributed by atoms with Gasteiger partial charge in [0.25, 0.3) is 0 Å². The van der Waals surface area contributed by atoms with Gasteiger partial charge < -0.3 is 20.1 Å². The van der Waals surface area contributed by atoms with Crippen LogP contribution < -0.4 is 10.1 Å². The molecule has 0 radical (unpaired) electrons. The van der Waals surface area contributed by atoms with Crippen molar-refractivity contribution in [1.82, 2.24) is 10.2 Å². The molecule has 0 aromatic heterocycles. The van der Waals surface area contributed by atoms with Gasteiger partial charge in [-0.25, -0.2) is 4.79 Å². The highest BCUT2D eigenvalue weighted by Gasteiger charge is 2.46. The van der Waals surface area contributed by atoms with E-state index in [2.05, 4.69) is 11.4 Å². The number of carboxylic acid groups (broad SMARTS) is 1. The van der Waals surface area contributed by atoms with Crippen LogP contribution in [0.4, 0.5) is 0 Å². The van der Waals surface area contributed by atoms with Gasteiger partial charge in [-0.1, -0.05) is 6.07 Å². The van der Waals surface area contributed by atoms with Crippen LogP contribution in [-0.4, -0.2) is 53.7 Å². The molecule has 0 spiro atoms. The third-order valence-corrected chi connectivity index (χ3v) is 5.79. The predicted molar refractivity (Wildman–Crippen MR) is 91.6 cm³/mol. The number of aryl methyl sites for hydroxylation is 2. The van der Waals surface area contributed by atoms with E-state index in [0.717, 1.165) is 32.4 Å². The first-order valence-electron chi connectivity index (χ1n) is 9.11. The summed E-state index contributed by atoms with van der Waals surface area (Å²) in [5, 5.41) is 12.9. The van der Waals surface area contributed by atoms with E-state index in [1.807, 2.05) is 12.1 Å². The smallest absolute Gasteiger partial charge is 0.348 e. The molecule has 2 aliphatic heterocycles. The number of hydrogen-bond acceptors (Lipinski definition) is 4. The van der Waals surface area contributed by atoms with Gasteiger partial charge in [-0.3, -0.25) is 4.79 Å². The second-order valence-electron chi connectivity index (χ2n) is 7.37. The van der Waals surface area contributed by atoms with Crippen molar-refractivity contribution >= 4 is 11.9 Å². The molecule has 134 valence electrons. The first-order chi connectivity index (χ1) is 12.1. The van der Waals surface area contributed by atoms with Gasteiger partial charge in [-0.2, -0.15) is 0 Å². The number of carbonyl (C=O) groups is 2. The maximum absolute atomic E-state index is 12.3. The van der Waals surface area contributed by atoms with E-state index in [-0.39, 0.29) is 11.8 Å². The average molecular weight is 344 g/mol. The van der Waals surface area contributed by atoms with Crippen molar-refractivity contribution in [3.8, 4) is 5.75 Å². The largest absolute Gasteiger partial charge is 0.478 e. The molecule has 6 nitrogen and oxygen atoms in total. The molecular formula is C19H24N2O4. The van der Waals surface area contributed by atoms with E-state index in [9.17, 15) is 14.7 Å². The predicted octanol–water partition coefficient (Wildman–Crippen LogP) is 1.22. The molecule has 0 atom stereocenters. The summed E-state index contributed by atoms with van der Waals surface area (Å²) in [6, 6.07) is 5.92. The van der Waals surface area contributed by atoms with E-state index in [0.29, 0.717) is 31.7 Å². The molecule has 2 saturated heterocycles. The number of hydrogen-bond donors (Lipinski definition) is 2. The third kappa shape index (κ3) is 2.99. The molecule has 1 aromatic carbocycles. The number of nitrogens with one attached hydrogen (secondary N) is 1. The Bertz CT molecular complexity index is 691. The maximum Gasteiger partial charge on any atom is 0.348 e. The van der Waals surface area contributed by atoms with Crippen molar-refractivity contribution in [3.05, 3.63) is 29.3 Å². The third-order valence-electron chi connectivity index (χ3n) is 5.79. The van der Waals surface area contributed by atoms with Gasteiger partial charge in [0.1, 0.15) is 5.75 Å². The monoisotopic (exact) mass is 344 g/mol. The van der Waals surface area contributed by atoms with Crippen LogP contribution in [0.2, 0.25) is 0 Å². The molecule has 2 fully saturated rings. The van der Waals surface area contributed by atoms with Gasteiger partial charge in [0, 0.05) is 39.0 Å². The van der Waals surface area contributed by atoms with Gasteiger partial charge in [0.15, 0.2) is 0 Å². The molecule has 1 aromatic rings. The number of carboxylic acids is 1.